The summed E-state index contributed by atoms with van der Waals surface area (Å²) in [7, 11) is 1.60. The summed E-state index contributed by atoms with van der Waals surface area (Å²) in [4.78, 5) is 19.3. The molecular weight excluding hydrogens is 230 g/mol. The van der Waals surface area contributed by atoms with Crippen molar-refractivity contribution in [1.82, 2.24) is 9.97 Å². The number of benzene rings is 1. The van der Waals surface area contributed by atoms with Gasteiger partial charge in [0.1, 0.15) is 5.75 Å². The van der Waals surface area contributed by atoms with Gasteiger partial charge in [-0.2, -0.15) is 0 Å². The molecule has 0 aliphatic rings. The van der Waals surface area contributed by atoms with E-state index in [9.17, 15) is 4.79 Å². The maximum absolute atomic E-state index is 11.1. The zero-order valence-electron chi connectivity index (χ0n) is 10.2. The summed E-state index contributed by atoms with van der Waals surface area (Å²) in [6, 6.07) is 9.21. The molecule has 1 aromatic heterocycles. The molecule has 92 valence electrons. The summed E-state index contributed by atoms with van der Waals surface area (Å²) in [5.41, 5.74) is 7.39. The fourth-order valence-electron chi connectivity index (χ4n) is 1.61. The first kappa shape index (κ1) is 12.0. The van der Waals surface area contributed by atoms with E-state index in [1.165, 1.54) is 0 Å². The average Bonchev–Trinajstić information content (AvgIpc) is 2.38. The molecule has 0 saturated heterocycles. The molecule has 2 aromatic rings. The zero-order chi connectivity index (χ0) is 13.1. The number of nitrogens with zero attached hydrogens (tertiary/aromatic N) is 2. The quantitative estimate of drug-likeness (QED) is 0.887. The van der Waals surface area contributed by atoms with E-state index < -0.39 is 5.91 Å². The van der Waals surface area contributed by atoms with Gasteiger partial charge in [0, 0.05) is 11.3 Å². The Morgan fingerprint density at radius 1 is 1.28 bits per heavy atom. The minimum atomic E-state index is -0.636. The number of carbonyl (C=O) groups is 1. The number of rotatable bonds is 3. The monoisotopic (exact) mass is 243 g/mol. The number of aromatic nitrogens is 2. The van der Waals surface area contributed by atoms with Crippen molar-refractivity contribution in [3.05, 3.63) is 41.9 Å². The highest BCUT2D eigenvalue weighted by Gasteiger charge is 2.09. The van der Waals surface area contributed by atoms with E-state index in [0.29, 0.717) is 11.4 Å². The molecule has 0 aliphatic heterocycles. The van der Waals surface area contributed by atoms with Crippen LogP contribution in [0.2, 0.25) is 0 Å². The molecule has 0 fully saturated rings. The lowest BCUT2D eigenvalue weighted by Gasteiger charge is -2.06. The van der Waals surface area contributed by atoms with Crippen LogP contribution < -0.4 is 10.5 Å². The van der Waals surface area contributed by atoms with Crippen LogP contribution in [0.25, 0.3) is 11.3 Å². The summed E-state index contributed by atoms with van der Waals surface area (Å²) in [5, 5.41) is 0. The highest BCUT2D eigenvalue weighted by atomic mass is 16.5. The van der Waals surface area contributed by atoms with Crippen LogP contribution in [0.3, 0.4) is 0 Å². The highest BCUT2D eigenvalue weighted by molar-refractivity contribution is 5.89. The third kappa shape index (κ3) is 2.45. The third-order valence-electron chi connectivity index (χ3n) is 2.44. The van der Waals surface area contributed by atoms with Crippen LogP contribution in [0.4, 0.5) is 0 Å². The molecule has 0 spiro atoms. The summed E-state index contributed by atoms with van der Waals surface area (Å²) in [5.74, 6) is 0.111. The molecule has 1 heterocycles. The van der Waals surface area contributed by atoms with Crippen molar-refractivity contribution >= 4 is 5.91 Å². The largest absolute Gasteiger partial charge is 0.497 e. The van der Waals surface area contributed by atoms with E-state index in [2.05, 4.69) is 9.97 Å². The number of ether oxygens (including phenoxy) is 1. The first-order chi connectivity index (χ1) is 8.60. The smallest absolute Gasteiger partial charge is 0.286 e. The van der Waals surface area contributed by atoms with E-state index >= 15 is 0 Å². The molecule has 2 N–H and O–H groups in total. The molecule has 0 saturated carbocycles. The van der Waals surface area contributed by atoms with Crippen molar-refractivity contribution < 1.29 is 9.53 Å². The Bertz CT molecular complexity index is 597. The maximum Gasteiger partial charge on any atom is 0.286 e. The van der Waals surface area contributed by atoms with Crippen molar-refractivity contribution in [3.8, 4) is 17.0 Å². The van der Waals surface area contributed by atoms with E-state index in [-0.39, 0.29) is 5.82 Å². The van der Waals surface area contributed by atoms with Crippen molar-refractivity contribution in [2.24, 2.45) is 5.73 Å². The van der Waals surface area contributed by atoms with E-state index in [1.807, 2.05) is 24.3 Å². The molecule has 1 aromatic carbocycles. The number of aryl methyl sites for hydroxylation is 1. The topological polar surface area (TPSA) is 78.1 Å². The Labute approximate surface area is 105 Å². The normalized spacial score (nSPS) is 10.1. The van der Waals surface area contributed by atoms with Crippen LogP contribution in [-0.4, -0.2) is 23.0 Å². The summed E-state index contributed by atoms with van der Waals surface area (Å²) in [6.07, 6.45) is 0. The molecule has 0 bridgehead atoms. The maximum atomic E-state index is 11.1. The zero-order valence-corrected chi connectivity index (χ0v) is 10.2. The van der Waals surface area contributed by atoms with Gasteiger partial charge in [-0.25, -0.2) is 9.97 Å². The Hall–Kier alpha value is -2.43. The predicted molar refractivity (Wildman–Crippen MR) is 67.3 cm³/mol. The molecular formula is C13H13N3O2. The second-order valence-electron chi connectivity index (χ2n) is 3.81. The van der Waals surface area contributed by atoms with Gasteiger partial charge in [-0.15, -0.1) is 0 Å². The van der Waals surface area contributed by atoms with Gasteiger partial charge in [-0.1, -0.05) is 12.1 Å². The number of carbonyl (C=O) groups excluding carboxylic acids is 1. The molecule has 5 heteroatoms. The number of methoxy groups -OCH3 is 1. The highest BCUT2D eigenvalue weighted by Crippen LogP contribution is 2.22. The van der Waals surface area contributed by atoms with Crippen LogP contribution in [0.1, 0.15) is 16.3 Å². The lowest BCUT2D eigenvalue weighted by molar-refractivity contribution is 0.0990. The van der Waals surface area contributed by atoms with Gasteiger partial charge in [0.25, 0.3) is 5.91 Å². The van der Waals surface area contributed by atoms with Crippen molar-refractivity contribution in [3.63, 3.8) is 0 Å². The van der Waals surface area contributed by atoms with Gasteiger partial charge in [0.05, 0.1) is 12.8 Å². The number of amides is 1. The Morgan fingerprint density at radius 2 is 2.06 bits per heavy atom. The van der Waals surface area contributed by atoms with Gasteiger partial charge >= 0.3 is 0 Å². The Kier molecular flexibility index (Phi) is 3.23. The van der Waals surface area contributed by atoms with E-state index in [4.69, 9.17) is 10.5 Å². The molecule has 5 nitrogen and oxygen atoms in total. The minimum Gasteiger partial charge on any atom is -0.497 e. The molecule has 0 atom stereocenters. The number of hydrogen-bond acceptors (Lipinski definition) is 4. The SMILES string of the molecule is COc1cccc(-c2cc(C)nc(C(N)=O)n2)c1. The van der Waals surface area contributed by atoms with Crippen LogP contribution in [0.15, 0.2) is 30.3 Å². The summed E-state index contributed by atoms with van der Waals surface area (Å²) < 4.78 is 5.15. The Balaban J connectivity index is 2.52. The van der Waals surface area contributed by atoms with E-state index in [1.54, 1.807) is 20.1 Å². The summed E-state index contributed by atoms with van der Waals surface area (Å²) in [6.45, 7) is 1.79. The van der Waals surface area contributed by atoms with Crippen LogP contribution in [-0.2, 0) is 0 Å². The van der Waals surface area contributed by atoms with Gasteiger partial charge in [0.2, 0.25) is 5.82 Å². The molecule has 1 amide bonds. The van der Waals surface area contributed by atoms with Gasteiger partial charge < -0.3 is 10.5 Å². The first-order valence-corrected chi connectivity index (χ1v) is 5.40. The van der Waals surface area contributed by atoms with Crippen molar-refractivity contribution in [2.75, 3.05) is 7.11 Å². The van der Waals surface area contributed by atoms with Gasteiger partial charge in [-0.05, 0) is 25.1 Å². The van der Waals surface area contributed by atoms with Crippen molar-refractivity contribution in [2.45, 2.75) is 6.92 Å². The Morgan fingerprint density at radius 3 is 2.72 bits per heavy atom. The third-order valence-corrected chi connectivity index (χ3v) is 2.44. The second-order valence-corrected chi connectivity index (χ2v) is 3.81. The minimum absolute atomic E-state index is 0.0211. The molecule has 0 aliphatic carbocycles. The molecule has 0 radical (unpaired) electrons. The van der Waals surface area contributed by atoms with Gasteiger partial charge in [-0.3, -0.25) is 4.79 Å². The molecule has 2 rings (SSSR count). The van der Waals surface area contributed by atoms with Crippen LogP contribution in [0.5, 0.6) is 5.75 Å². The fraction of sp³-hybridized carbons (Fsp3) is 0.154. The predicted octanol–water partition coefficient (Wildman–Crippen LogP) is 1.56. The van der Waals surface area contributed by atoms with Crippen LogP contribution in [0, 0.1) is 6.92 Å². The lowest BCUT2D eigenvalue weighted by Crippen LogP contribution is -2.16. The average molecular weight is 243 g/mol. The van der Waals surface area contributed by atoms with Gasteiger partial charge in [0.15, 0.2) is 0 Å². The standard InChI is InChI=1S/C13H13N3O2/c1-8-6-11(16-13(15-8)12(14)17)9-4-3-5-10(7-9)18-2/h3-7H,1-2H3,(H2,14,17). The van der Waals surface area contributed by atoms with Crippen LogP contribution >= 0.6 is 0 Å². The fourth-order valence-corrected chi connectivity index (χ4v) is 1.61. The number of hydrogen-bond donors (Lipinski definition) is 1. The van der Waals surface area contributed by atoms with Crippen molar-refractivity contribution in [1.29, 1.82) is 0 Å². The number of nitrogens with two attached hydrogens (primary N) is 1. The molecule has 0 unspecified atom stereocenters. The summed E-state index contributed by atoms with van der Waals surface area (Å²) >= 11 is 0. The lowest BCUT2D eigenvalue weighted by atomic mass is 10.1. The van der Waals surface area contributed by atoms with E-state index in [0.717, 1.165) is 11.3 Å². The second kappa shape index (κ2) is 4.83. The first-order valence-electron chi connectivity index (χ1n) is 5.40. The molecule has 18 heavy (non-hydrogen) atoms. The number of primary amides is 1.